The first-order valence-corrected chi connectivity index (χ1v) is 5.84. The monoisotopic (exact) mass is 244 g/mol. The van der Waals surface area contributed by atoms with Crippen LogP contribution < -0.4 is 10.5 Å². The lowest BCUT2D eigenvalue weighted by Crippen LogP contribution is -2.02. The predicted octanol–water partition coefficient (Wildman–Crippen LogP) is 1.78. The molecule has 2 aromatic rings. The van der Waals surface area contributed by atoms with Gasteiger partial charge in [0.05, 0.1) is 11.4 Å². The van der Waals surface area contributed by atoms with Crippen molar-refractivity contribution in [3.63, 3.8) is 0 Å². The van der Waals surface area contributed by atoms with E-state index < -0.39 is 0 Å². The average molecular weight is 244 g/mol. The minimum Gasteiger partial charge on any atom is -0.423 e. The molecular weight excluding hydrogens is 228 g/mol. The second-order valence-corrected chi connectivity index (χ2v) is 4.05. The molecule has 2 rings (SSSR count). The minimum absolute atomic E-state index is 0.268. The van der Waals surface area contributed by atoms with Crippen LogP contribution in [-0.2, 0) is 6.42 Å². The van der Waals surface area contributed by atoms with E-state index in [-0.39, 0.29) is 6.01 Å². The zero-order valence-electron chi connectivity index (χ0n) is 10.6. The Morgan fingerprint density at radius 1 is 1.06 bits per heavy atom. The van der Waals surface area contributed by atoms with Crippen LogP contribution >= 0.6 is 0 Å². The summed E-state index contributed by atoms with van der Waals surface area (Å²) >= 11 is 0. The van der Waals surface area contributed by atoms with Crippen LogP contribution in [0.25, 0.3) is 0 Å². The number of benzene rings is 1. The number of aryl methyl sites for hydroxylation is 2. The van der Waals surface area contributed by atoms with Crippen LogP contribution in [0.3, 0.4) is 0 Å². The lowest BCUT2D eigenvalue weighted by Gasteiger charge is -2.05. The Bertz CT molecular complexity index is 525. The normalized spacial score (nSPS) is 10.4. The first-order chi connectivity index (χ1) is 8.69. The molecule has 0 saturated carbocycles. The van der Waals surface area contributed by atoms with Gasteiger partial charge in [0.1, 0.15) is 5.75 Å². The maximum absolute atomic E-state index is 5.53. The third-order valence-electron chi connectivity index (χ3n) is 2.64. The van der Waals surface area contributed by atoms with Gasteiger partial charge in [0.15, 0.2) is 0 Å². The number of rotatable bonds is 4. The van der Waals surface area contributed by atoms with Gasteiger partial charge in [0.2, 0.25) is 0 Å². The van der Waals surface area contributed by atoms with E-state index in [0.717, 1.165) is 17.8 Å². The molecule has 0 aliphatic carbocycles. The fourth-order valence-corrected chi connectivity index (χ4v) is 1.48. The fourth-order valence-electron chi connectivity index (χ4n) is 1.48. The molecule has 0 saturated heterocycles. The standard InChI is InChI=1S/C13H16N4O/c1-9-10(2)16-17-13(15-9)18-12-5-3-11(4-6-12)7-8-14/h3-6H,7-8,14H2,1-2H3. The van der Waals surface area contributed by atoms with Crippen molar-refractivity contribution >= 4 is 0 Å². The summed E-state index contributed by atoms with van der Waals surface area (Å²) in [6.07, 6.45) is 0.863. The molecule has 0 unspecified atom stereocenters. The lowest BCUT2D eigenvalue weighted by atomic mass is 10.1. The highest BCUT2D eigenvalue weighted by Gasteiger charge is 2.04. The van der Waals surface area contributed by atoms with Gasteiger partial charge >= 0.3 is 6.01 Å². The minimum atomic E-state index is 0.268. The molecule has 1 heterocycles. The van der Waals surface area contributed by atoms with Crippen molar-refractivity contribution in [2.45, 2.75) is 20.3 Å². The summed E-state index contributed by atoms with van der Waals surface area (Å²) < 4.78 is 5.53. The van der Waals surface area contributed by atoms with Crippen LogP contribution in [0.4, 0.5) is 0 Å². The van der Waals surface area contributed by atoms with Gasteiger partial charge in [-0.3, -0.25) is 0 Å². The summed E-state index contributed by atoms with van der Waals surface area (Å²) in [6, 6.07) is 7.99. The first kappa shape index (κ1) is 12.4. The van der Waals surface area contributed by atoms with Gasteiger partial charge in [0.25, 0.3) is 0 Å². The van der Waals surface area contributed by atoms with Crippen LogP contribution in [0.1, 0.15) is 17.0 Å². The summed E-state index contributed by atoms with van der Waals surface area (Å²) in [5, 5.41) is 7.86. The second kappa shape index (κ2) is 5.55. The zero-order chi connectivity index (χ0) is 13.0. The van der Waals surface area contributed by atoms with Gasteiger partial charge < -0.3 is 10.5 Å². The Hall–Kier alpha value is -2.01. The predicted molar refractivity (Wildman–Crippen MR) is 68.6 cm³/mol. The SMILES string of the molecule is Cc1nnc(Oc2ccc(CCN)cc2)nc1C. The Labute approximate surface area is 106 Å². The summed E-state index contributed by atoms with van der Waals surface area (Å²) in [5.41, 5.74) is 8.30. The largest absolute Gasteiger partial charge is 0.423 e. The van der Waals surface area contributed by atoms with Crippen molar-refractivity contribution < 1.29 is 4.74 Å². The van der Waals surface area contributed by atoms with Gasteiger partial charge in [-0.25, -0.2) is 0 Å². The zero-order valence-corrected chi connectivity index (χ0v) is 10.6. The Morgan fingerprint density at radius 2 is 1.78 bits per heavy atom. The Balaban J connectivity index is 2.10. The van der Waals surface area contributed by atoms with E-state index in [2.05, 4.69) is 15.2 Å². The highest BCUT2D eigenvalue weighted by atomic mass is 16.5. The summed E-state index contributed by atoms with van der Waals surface area (Å²) in [4.78, 5) is 4.21. The summed E-state index contributed by atoms with van der Waals surface area (Å²) in [6.45, 7) is 4.38. The highest BCUT2D eigenvalue weighted by molar-refractivity contribution is 5.29. The maximum atomic E-state index is 5.53. The number of ether oxygens (including phenoxy) is 1. The molecule has 0 fully saturated rings. The molecule has 5 heteroatoms. The van der Waals surface area contributed by atoms with Crippen molar-refractivity contribution in [3.8, 4) is 11.8 Å². The molecule has 1 aromatic carbocycles. The second-order valence-electron chi connectivity index (χ2n) is 4.05. The molecule has 94 valence electrons. The molecule has 0 atom stereocenters. The molecule has 0 spiro atoms. The Kier molecular flexibility index (Phi) is 3.84. The molecule has 5 nitrogen and oxygen atoms in total. The van der Waals surface area contributed by atoms with Crippen LogP contribution in [-0.4, -0.2) is 21.7 Å². The van der Waals surface area contributed by atoms with Gasteiger partial charge in [-0.05, 0) is 44.5 Å². The first-order valence-electron chi connectivity index (χ1n) is 5.84. The van der Waals surface area contributed by atoms with E-state index in [1.807, 2.05) is 38.1 Å². The molecular formula is C13H16N4O. The Morgan fingerprint density at radius 3 is 2.39 bits per heavy atom. The average Bonchev–Trinajstić information content (AvgIpc) is 2.37. The van der Waals surface area contributed by atoms with Crippen molar-refractivity contribution in [1.82, 2.24) is 15.2 Å². The molecule has 18 heavy (non-hydrogen) atoms. The van der Waals surface area contributed by atoms with Crippen LogP contribution in [0.2, 0.25) is 0 Å². The smallest absolute Gasteiger partial charge is 0.341 e. The lowest BCUT2D eigenvalue weighted by molar-refractivity contribution is 0.430. The molecule has 0 radical (unpaired) electrons. The number of nitrogens with zero attached hydrogens (tertiary/aromatic N) is 3. The van der Waals surface area contributed by atoms with Gasteiger partial charge in [-0.15, -0.1) is 5.10 Å². The van der Waals surface area contributed by atoms with Crippen LogP contribution in [0, 0.1) is 13.8 Å². The van der Waals surface area contributed by atoms with Crippen molar-refractivity contribution in [1.29, 1.82) is 0 Å². The van der Waals surface area contributed by atoms with E-state index in [4.69, 9.17) is 10.5 Å². The van der Waals surface area contributed by atoms with Crippen LogP contribution in [0.5, 0.6) is 11.8 Å². The highest BCUT2D eigenvalue weighted by Crippen LogP contribution is 2.18. The molecule has 1 aromatic heterocycles. The van der Waals surface area contributed by atoms with Gasteiger partial charge in [0, 0.05) is 0 Å². The number of hydrogen-bond acceptors (Lipinski definition) is 5. The topological polar surface area (TPSA) is 73.9 Å². The fraction of sp³-hybridized carbons (Fsp3) is 0.308. The molecule has 0 aliphatic rings. The molecule has 0 aliphatic heterocycles. The van der Waals surface area contributed by atoms with Gasteiger partial charge in [-0.2, -0.15) is 4.98 Å². The quantitative estimate of drug-likeness (QED) is 0.887. The molecule has 0 bridgehead atoms. The van der Waals surface area contributed by atoms with E-state index in [9.17, 15) is 0 Å². The molecule has 2 N–H and O–H groups in total. The van der Waals surface area contributed by atoms with Crippen molar-refractivity contribution in [2.75, 3.05) is 6.54 Å². The van der Waals surface area contributed by atoms with Crippen molar-refractivity contribution in [2.24, 2.45) is 5.73 Å². The van der Waals surface area contributed by atoms with E-state index in [1.54, 1.807) is 0 Å². The van der Waals surface area contributed by atoms with Crippen molar-refractivity contribution in [3.05, 3.63) is 41.2 Å². The van der Waals surface area contributed by atoms with E-state index >= 15 is 0 Å². The number of hydrogen-bond donors (Lipinski definition) is 1. The maximum Gasteiger partial charge on any atom is 0.341 e. The van der Waals surface area contributed by atoms with E-state index in [0.29, 0.717) is 12.3 Å². The third kappa shape index (κ3) is 3.01. The molecule has 0 amide bonds. The van der Waals surface area contributed by atoms with Crippen LogP contribution in [0.15, 0.2) is 24.3 Å². The van der Waals surface area contributed by atoms with Gasteiger partial charge in [-0.1, -0.05) is 17.2 Å². The number of aromatic nitrogens is 3. The summed E-state index contributed by atoms with van der Waals surface area (Å²) in [5.74, 6) is 0.695. The third-order valence-corrected chi connectivity index (χ3v) is 2.64. The summed E-state index contributed by atoms with van der Waals surface area (Å²) in [7, 11) is 0. The van der Waals surface area contributed by atoms with E-state index in [1.165, 1.54) is 5.56 Å². The number of nitrogens with two attached hydrogens (primary N) is 1.